The van der Waals surface area contributed by atoms with Crippen molar-refractivity contribution in [3.63, 3.8) is 0 Å². The molecule has 1 amide bonds. The monoisotopic (exact) mass is 269 g/mol. The minimum atomic E-state index is -0.870. The first kappa shape index (κ1) is 14.4. The first-order valence-electron chi connectivity index (χ1n) is 5.48. The lowest BCUT2D eigenvalue weighted by Crippen LogP contribution is -2.27. The van der Waals surface area contributed by atoms with E-state index in [0.717, 1.165) is 0 Å². The Hall–Kier alpha value is -1.69. The summed E-state index contributed by atoms with van der Waals surface area (Å²) in [5.41, 5.74) is 0.530. The Bertz CT molecular complexity index is 466. The number of hydrogen-bond donors (Lipinski definition) is 1. The van der Waals surface area contributed by atoms with Crippen LogP contribution in [-0.2, 0) is 4.79 Å². The average molecular weight is 269 g/mol. The molecular weight excluding hydrogens is 254 g/mol. The lowest BCUT2D eigenvalue weighted by molar-refractivity contribution is -0.137. The molecule has 0 unspecified atom stereocenters. The number of carbonyl (C=O) groups excluding carboxylic acids is 2. The maximum absolute atomic E-state index is 11.9. The summed E-state index contributed by atoms with van der Waals surface area (Å²) in [4.78, 5) is 35.4. The normalized spacial score (nSPS) is 10.1. The lowest BCUT2D eigenvalue weighted by Gasteiger charge is -2.15. The first-order chi connectivity index (χ1) is 8.41. The molecule has 0 aromatic carbocycles. The van der Waals surface area contributed by atoms with Crippen molar-refractivity contribution in [2.24, 2.45) is 0 Å². The summed E-state index contributed by atoms with van der Waals surface area (Å²) in [6, 6.07) is 1.57. The molecule has 18 heavy (non-hydrogen) atoms. The number of hydrogen-bond acceptors (Lipinski definition) is 4. The van der Waals surface area contributed by atoms with Crippen LogP contribution in [0.25, 0.3) is 0 Å². The zero-order valence-corrected chi connectivity index (χ0v) is 11.1. The van der Waals surface area contributed by atoms with Crippen molar-refractivity contribution in [1.82, 2.24) is 4.90 Å². The van der Waals surface area contributed by atoms with Crippen LogP contribution in [0.15, 0.2) is 11.4 Å². The van der Waals surface area contributed by atoms with E-state index in [1.165, 1.54) is 23.2 Å². The van der Waals surface area contributed by atoms with Crippen molar-refractivity contribution < 1.29 is 19.5 Å². The smallest absolute Gasteiger partial charge is 0.303 e. The Labute approximate surface area is 109 Å². The Kier molecular flexibility index (Phi) is 5.03. The van der Waals surface area contributed by atoms with Gasteiger partial charge in [-0.05, 0) is 19.4 Å². The molecule has 0 spiro atoms. The Balaban J connectivity index is 2.57. The SMILES string of the molecule is CC(=O)c1csc(C(=O)N(C)CCCC(=O)O)c1. The van der Waals surface area contributed by atoms with Gasteiger partial charge in [0, 0.05) is 31.0 Å². The molecule has 0 bridgehead atoms. The Morgan fingerprint density at radius 2 is 2.06 bits per heavy atom. The number of carboxylic acids is 1. The molecule has 0 saturated carbocycles. The molecule has 0 fully saturated rings. The van der Waals surface area contributed by atoms with E-state index in [1.807, 2.05) is 0 Å². The summed E-state index contributed by atoms with van der Waals surface area (Å²) in [5, 5.41) is 10.2. The van der Waals surface area contributed by atoms with Gasteiger partial charge in [0.1, 0.15) is 0 Å². The second kappa shape index (κ2) is 6.30. The molecular formula is C12H15NO4S. The largest absolute Gasteiger partial charge is 0.481 e. The van der Waals surface area contributed by atoms with Crippen LogP contribution in [0.1, 0.15) is 39.8 Å². The average Bonchev–Trinajstić information content (AvgIpc) is 2.76. The third kappa shape index (κ3) is 3.96. The highest BCUT2D eigenvalue weighted by Gasteiger charge is 2.15. The topological polar surface area (TPSA) is 74.7 Å². The standard InChI is InChI=1S/C12H15NO4S/c1-8(14)9-6-10(18-7-9)12(17)13(2)5-3-4-11(15)16/h6-7H,3-5H2,1-2H3,(H,15,16). The van der Waals surface area contributed by atoms with Gasteiger partial charge in [0.2, 0.25) is 0 Å². The number of amides is 1. The molecule has 0 atom stereocenters. The van der Waals surface area contributed by atoms with Gasteiger partial charge in [0.15, 0.2) is 5.78 Å². The highest BCUT2D eigenvalue weighted by molar-refractivity contribution is 7.12. The third-order valence-corrected chi connectivity index (χ3v) is 3.37. The molecule has 6 heteroatoms. The number of carbonyl (C=O) groups is 3. The van der Waals surface area contributed by atoms with Gasteiger partial charge in [-0.2, -0.15) is 0 Å². The van der Waals surface area contributed by atoms with E-state index in [2.05, 4.69) is 0 Å². The first-order valence-corrected chi connectivity index (χ1v) is 6.36. The number of rotatable bonds is 6. The molecule has 0 saturated heterocycles. The fourth-order valence-corrected chi connectivity index (χ4v) is 2.33. The highest BCUT2D eigenvalue weighted by Crippen LogP contribution is 2.17. The van der Waals surface area contributed by atoms with E-state index in [-0.39, 0.29) is 18.1 Å². The van der Waals surface area contributed by atoms with Crippen molar-refractivity contribution in [2.75, 3.05) is 13.6 Å². The van der Waals surface area contributed by atoms with Crippen molar-refractivity contribution in [3.05, 3.63) is 21.9 Å². The molecule has 1 heterocycles. The molecule has 98 valence electrons. The van der Waals surface area contributed by atoms with E-state index >= 15 is 0 Å². The van der Waals surface area contributed by atoms with Gasteiger partial charge in [0.05, 0.1) is 4.88 Å². The van der Waals surface area contributed by atoms with Gasteiger partial charge in [0.25, 0.3) is 5.91 Å². The molecule has 5 nitrogen and oxygen atoms in total. The maximum atomic E-state index is 11.9. The van der Waals surface area contributed by atoms with Crippen LogP contribution < -0.4 is 0 Å². The number of Topliss-reactive ketones (excluding diaryl/α,β-unsaturated/α-hetero) is 1. The van der Waals surface area contributed by atoms with Crippen LogP contribution in [0.4, 0.5) is 0 Å². The summed E-state index contributed by atoms with van der Waals surface area (Å²) in [7, 11) is 1.62. The molecule has 1 N–H and O–H groups in total. The number of thiophene rings is 1. The van der Waals surface area contributed by atoms with Crippen LogP contribution in [0.5, 0.6) is 0 Å². The van der Waals surface area contributed by atoms with Crippen molar-refractivity contribution in [1.29, 1.82) is 0 Å². The van der Waals surface area contributed by atoms with Crippen LogP contribution >= 0.6 is 11.3 Å². The van der Waals surface area contributed by atoms with E-state index in [1.54, 1.807) is 18.5 Å². The van der Waals surface area contributed by atoms with Gasteiger partial charge in [-0.25, -0.2) is 0 Å². The zero-order chi connectivity index (χ0) is 13.7. The quantitative estimate of drug-likeness (QED) is 0.800. The number of carboxylic acid groups (broad SMARTS) is 1. The van der Waals surface area contributed by atoms with Crippen molar-refractivity contribution in [2.45, 2.75) is 19.8 Å². The van der Waals surface area contributed by atoms with Crippen LogP contribution in [0, 0.1) is 0 Å². The van der Waals surface area contributed by atoms with Crippen molar-refractivity contribution in [3.8, 4) is 0 Å². The van der Waals surface area contributed by atoms with Crippen LogP contribution in [0.3, 0.4) is 0 Å². The molecule has 0 aliphatic carbocycles. The summed E-state index contributed by atoms with van der Waals surface area (Å²) < 4.78 is 0. The maximum Gasteiger partial charge on any atom is 0.303 e. The lowest BCUT2D eigenvalue weighted by atomic mass is 10.2. The summed E-state index contributed by atoms with van der Waals surface area (Å²) in [6.45, 7) is 1.84. The predicted octanol–water partition coefficient (Wildman–Crippen LogP) is 1.89. The van der Waals surface area contributed by atoms with Crippen molar-refractivity contribution >= 4 is 29.0 Å². The summed E-state index contributed by atoms with van der Waals surface area (Å²) in [6.07, 6.45) is 0.462. The fourth-order valence-electron chi connectivity index (χ4n) is 1.39. The molecule has 1 aromatic rings. The van der Waals surface area contributed by atoms with E-state index in [9.17, 15) is 14.4 Å². The van der Waals surface area contributed by atoms with Gasteiger partial charge in [-0.15, -0.1) is 11.3 Å². The minimum absolute atomic E-state index is 0.0424. The summed E-state index contributed by atoms with van der Waals surface area (Å²) in [5.74, 6) is -1.12. The second-order valence-electron chi connectivity index (χ2n) is 3.98. The number of ketones is 1. The molecule has 1 rings (SSSR count). The van der Waals surface area contributed by atoms with E-state index in [4.69, 9.17) is 5.11 Å². The minimum Gasteiger partial charge on any atom is -0.481 e. The fraction of sp³-hybridized carbons (Fsp3) is 0.417. The predicted molar refractivity (Wildman–Crippen MR) is 68.2 cm³/mol. The summed E-state index contributed by atoms with van der Waals surface area (Å²) >= 11 is 1.23. The molecule has 0 aliphatic heterocycles. The van der Waals surface area contributed by atoms with Crippen LogP contribution in [-0.4, -0.2) is 41.3 Å². The highest BCUT2D eigenvalue weighted by atomic mass is 32.1. The van der Waals surface area contributed by atoms with Gasteiger partial charge < -0.3 is 10.0 Å². The number of aliphatic carboxylic acids is 1. The van der Waals surface area contributed by atoms with Gasteiger partial charge >= 0.3 is 5.97 Å². The molecule has 1 aromatic heterocycles. The molecule has 0 aliphatic rings. The second-order valence-corrected chi connectivity index (χ2v) is 4.89. The Morgan fingerprint density at radius 3 is 2.56 bits per heavy atom. The Morgan fingerprint density at radius 1 is 1.39 bits per heavy atom. The van der Waals surface area contributed by atoms with Gasteiger partial charge in [-0.1, -0.05) is 0 Å². The molecule has 0 radical (unpaired) electrons. The van der Waals surface area contributed by atoms with Gasteiger partial charge in [-0.3, -0.25) is 14.4 Å². The van der Waals surface area contributed by atoms with E-state index < -0.39 is 5.97 Å². The zero-order valence-electron chi connectivity index (χ0n) is 10.3. The van der Waals surface area contributed by atoms with E-state index in [0.29, 0.717) is 23.4 Å². The van der Waals surface area contributed by atoms with Crippen LogP contribution in [0.2, 0.25) is 0 Å². The number of nitrogens with zero attached hydrogens (tertiary/aromatic N) is 1. The third-order valence-electron chi connectivity index (χ3n) is 2.45.